The number of aryl methyl sites for hydroxylation is 1. The Morgan fingerprint density at radius 3 is 2.43 bits per heavy atom. The second-order valence-electron chi connectivity index (χ2n) is 7.77. The molecule has 4 atom stereocenters. The number of hydrogen-bond donors (Lipinski definition) is 0. The van der Waals surface area contributed by atoms with Gasteiger partial charge in [-0.05, 0) is 44.4 Å². The van der Waals surface area contributed by atoms with Crippen molar-refractivity contribution >= 4 is 29.1 Å². The molecule has 2 bridgehead atoms. The number of anilines is 1. The summed E-state index contributed by atoms with van der Waals surface area (Å²) < 4.78 is 20.8. The van der Waals surface area contributed by atoms with Crippen LogP contribution in [-0.2, 0) is 20.9 Å². The monoisotopic (exact) mass is 403 g/mol. The molecule has 5 rings (SSSR count). The molecule has 3 aliphatic rings. The van der Waals surface area contributed by atoms with E-state index in [0.29, 0.717) is 34.2 Å². The largest absolute Gasteiger partial charge is 0.373 e. The van der Waals surface area contributed by atoms with Crippen molar-refractivity contribution < 1.29 is 18.7 Å². The fraction of sp³-hybridized carbons (Fsp3) is 0.450. The first kappa shape index (κ1) is 17.8. The van der Waals surface area contributed by atoms with Crippen molar-refractivity contribution in [1.29, 1.82) is 0 Å². The molecule has 3 aliphatic heterocycles. The Kier molecular flexibility index (Phi) is 3.90. The first-order valence-corrected chi connectivity index (χ1v) is 9.76. The Morgan fingerprint density at radius 2 is 1.82 bits per heavy atom. The van der Waals surface area contributed by atoms with Gasteiger partial charge in [0.25, 0.3) is 0 Å². The van der Waals surface area contributed by atoms with Crippen LogP contribution in [-0.4, -0.2) is 33.8 Å². The minimum Gasteiger partial charge on any atom is -0.373 e. The van der Waals surface area contributed by atoms with Gasteiger partial charge in [0.2, 0.25) is 11.8 Å². The second-order valence-corrected chi connectivity index (χ2v) is 8.17. The highest BCUT2D eigenvalue weighted by atomic mass is 35.5. The first-order valence-electron chi connectivity index (χ1n) is 9.38. The van der Waals surface area contributed by atoms with E-state index in [4.69, 9.17) is 16.3 Å². The highest BCUT2D eigenvalue weighted by molar-refractivity contribution is 6.31. The number of imide groups is 1. The van der Waals surface area contributed by atoms with Gasteiger partial charge in [0.05, 0.1) is 47.7 Å². The highest BCUT2D eigenvalue weighted by Gasteiger charge is 2.63. The summed E-state index contributed by atoms with van der Waals surface area (Å²) in [5, 5.41) is 4.83. The number of fused-ring (bicyclic) bond motifs is 5. The smallest absolute Gasteiger partial charge is 0.240 e. The third-order valence-corrected chi connectivity index (χ3v) is 6.54. The van der Waals surface area contributed by atoms with Crippen LogP contribution < -0.4 is 4.90 Å². The van der Waals surface area contributed by atoms with Crippen LogP contribution in [0.4, 0.5) is 10.1 Å². The van der Waals surface area contributed by atoms with Gasteiger partial charge in [-0.25, -0.2) is 9.29 Å². The number of halogens is 2. The maximum atomic E-state index is 13.3. The standard InChI is InChI=1S/C20H19ClFN3O3/c1-9-18(10(2)24(23-9)8-11-3-4-12(22)7-13(11)21)25-19(26)16-14-5-6-15(28-14)17(16)20(25)27/h3-4,7,14-17H,5-6,8H2,1-2H3/t14-,15-,16-,17+/m1/s1. The van der Waals surface area contributed by atoms with E-state index in [2.05, 4.69) is 5.10 Å². The lowest BCUT2D eigenvalue weighted by atomic mass is 9.81. The molecule has 3 fully saturated rings. The second kappa shape index (κ2) is 6.12. The third kappa shape index (κ3) is 2.39. The van der Waals surface area contributed by atoms with Crippen LogP contribution in [0.3, 0.4) is 0 Å². The molecule has 1 aromatic heterocycles. The number of carbonyl (C=O) groups excluding carboxylic acids is 2. The first-order chi connectivity index (χ1) is 13.4. The van der Waals surface area contributed by atoms with E-state index < -0.39 is 5.82 Å². The maximum absolute atomic E-state index is 13.3. The predicted molar refractivity (Wildman–Crippen MR) is 99.6 cm³/mol. The fourth-order valence-corrected chi connectivity index (χ4v) is 5.14. The van der Waals surface area contributed by atoms with Crippen molar-refractivity contribution in [2.75, 3.05) is 4.90 Å². The van der Waals surface area contributed by atoms with Gasteiger partial charge in [-0.1, -0.05) is 17.7 Å². The van der Waals surface area contributed by atoms with Gasteiger partial charge in [0.15, 0.2) is 0 Å². The van der Waals surface area contributed by atoms with Crippen LogP contribution in [0.25, 0.3) is 0 Å². The molecule has 3 saturated heterocycles. The lowest BCUT2D eigenvalue weighted by Gasteiger charge is -2.18. The van der Waals surface area contributed by atoms with Crippen molar-refractivity contribution in [3.05, 3.63) is 46.0 Å². The molecule has 0 spiro atoms. The number of hydrogen-bond acceptors (Lipinski definition) is 4. The van der Waals surface area contributed by atoms with E-state index in [9.17, 15) is 14.0 Å². The summed E-state index contributed by atoms with van der Waals surface area (Å²) >= 11 is 6.14. The number of nitrogens with zero attached hydrogens (tertiary/aromatic N) is 3. The molecule has 28 heavy (non-hydrogen) atoms. The van der Waals surface area contributed by atoms with Crippen LogP contribution in [0, 0.1) is 31.5 Å². The molecule has 0 saturated carbocycles. The van der Waals surface area contributed by atoms with E-state index in [1.54, 1.807) is 17.7 Å². The minimum absolute atomic E-state index is 0.148. The van der Waals surface area contributed by atoms with Gasteiger partial charge < -0.3 is 4.74 Å². The van der Waals surface area contributed by atoms with Crippen molar-refractivity contribution in [3.8, 4) is 0 Å². The van der Waals surface area contributed by atoms with E-state index in [1.807, 2.05) is 6.92 Å². The summed E-state index contributed by atoms with van der Waals surface area (Å²) in [5.74, 6) is -1.53. The quantitative estimate of drug-likeness (QED) is 0.739. The average molecular weight is 404 g/mol. The van der Waals surface area contributed by atoms with Gasteiger partial charge in [-0.15, -0.1) is 0 Å². The van der Waals surface area contributed by atoms with E-state index >= 15 is 0 Å². The normalized spacial score (nSPS) is 28.5. The van der Waals surface area contributed by atoms with Crippen LogP contribution in [0.1, 0.15) is 29.8 Å². The number of aromatic nitrogens is 2. The number of rotatable bonds is 3. The van der Waals surface area contributed by atoms with Crippen molar-refractivity contribution in [1.82, 2.24) is 9.78 Å². The number of carbonyl (C=O) groups is 2. The zero-order chi connectivity index (χ0) is 19.7. The number of ether oxygens (including phenoxy) is 1. The van der Waals surface area contributed by atoms with Gasteiger partial charge >= 0.3 is 0 Å². The molecule has 146 valence electrons. The number of benzene rings is 1. The summed E-state index contributed by atoms with van der Waals surface area (Å²) in [6, 6.07) is 4.21. The van der Waals surface area contributed by atoms with Crippen LogP contribution >= 0.6 is 11.6 Å². The van der Waals surface area contributed by atoms with Crippen molar-refractivity contribution in [2.45, 2.75) is 45.4 Å². The van der Waals surface area contributed by atoms with Gasteiger partial charge in [0.1, 0.15) is 5.82 Å². The van der Waals surface area contributed by atoms with Crippen LogP contribution in [0.15, 0.2) is 18.2 Å². The zero-order valence-corrected chi connectivity index (χ0v) is 16.2. The van der Waals surface area contributed by atoms with E-state index in [-0.39, 0.29) is 35.9 Å². The molecular formula is C20H19ClFN3O3. The maximum Gasteiger partial charge on any atom is 0.240 e. The fourth-order valence-electron chi connectivity index (χ4n) is 4.91. The summed E-state index contributed by atoms with van der Waals surface area (Å²) in [6.07, 6.45) is 1.37. The SMILES string of the molecule is Cc1nn(Cc2ccc(F)cc2Cl)c(C)c1N1C(=O)[C@@H]2[C@H](C1=O)[C@H]1CC[C@H]2O1. The van der Waals surface area contributed by atoms with Crippen molar-refractivity contribution in [2.24, 2.45) is 11.8 Å². The Morgan fingerprint density at radius 1 is 1.18 bits per heavy atom. The van der Waals surface area contributed by atoms with E-state index in [0.717, 1.165) is 12.8 Å². The van der Waals surface area contributed by atoms with Gasteiger partial charge in [-0.2, -0.15) is 5.10 Å². The molecule has 2 aromatic rings. The van der Waals surface area contributed by atoms with E-state index in [1.165, 1.54) is 17.0 Å². The predicted octanol–water partition coefficient (Wildman–Crippen LogP) is 3.01. The summed E-state index contributed by atoms with van der Waals surface area (Å²) in [6.45, 7) is 3.93. The molecular weight excluding hydrogens is 385 g/mol. The lowest BCUT2D eigenvalue weighted by molar-refractivity contribution is -0.124. The third-order valence-electron chi connectivity index (χ3n) is 6.19. The molecule has 6 nitrogen and oxygen atoms in total. The molecule has 0 unspecified atom stereocenters. The van der Waals surface area contributed by atoms with Crippen LogP contribution in [0.2, 0.25) is 5.02 Å². The Balaban J connectivity index is 1.50. The molecule has 0 N–H and O–H groups in total. The molecule has 4 heterocycles. The van der Waals surface area contributed by atoms with Gasteiger partial charge in [0, 0.05) is 5.02 Å². The number of amides is 2. The molecule has 1 aromatic carbocycles. The topological polar surface area (TPSA) is 64.4 Å². The summed E-state index contributed by atoms with van der Waals surface area (Å²) in [5.41, 5.74) is 2.56. The average Bonchev–Trinajstić information content (AvgIpc) is 3.37. The molecule has 8 heteroatoms. The minimum atomic E-state index is -0.403. The Hall–Kier alpha value is -2.25. The summed E-state index contributed by atoms with van der Waals surface area (Å²) in [4.78, 5) is 27.5. The molecule has 2 amide bonds. The zero-order valence-electron chi connectivity index (χ0n) is 15.5. The summed E-state index contributed by atoms with van der Waals surface area (Å²) in [7, 11) is 0. The molecule has 0 radical (unpaired) electrons. The highest BCUT2D eigenvalue weighted by Crippen LogP contribution is 2.50. The van der Waals surface area contributed by atoms with Gasteiger partial charge in [-0.3, -0.25) is 14.3 Å². The van der Waals surface area contributed by atoms with Crippen LogP contribution in [0.5, 0.6) is 0 Å². The molecule has 0 aliphatic carbocycles. The Labute approximate surface area is 166 Å². The Bertz CT molecular complexity index is 992. The lowest BCUT2D eigenvalue weighted by Crippen LogP contribution is -2.35. The van der Waals surface area contributed by atoms with Crippen molar-refractivity contribution in [3.63, 3.8) is 0 Å².